The number of hydrogen-bond acceptors (Lipinski definition) is 7. The van der Waals surface area contributed by atoms with Gasteiger partial charge in [0.05, 0.1) is 44.5 Å². The monoisotopic (exact) mass is 541 g/mol. The highest BCUT2D eigenvalue weighted by molar-refractivity contribution is 6.16. The van der Waals surface area contributed by atoms with E-state index < -0.39 is 0 Å². The van der Waals surface area contributed by atoms with Crippen LogP contribution in [0.4, 0.5) is 5.69 Å². The first-order chi connectivity index (χ1) is 19.5. The predicted octanol–water partition coefficient (Wildman–Crippen LogP) is 5.97. The summed E-state index contributed by atoms with van der Waals surface area (Å²) in [4.78, 5) is 23.1. The normalized spacial score (nSPS) is 18.1. The molecule has 8 nitrogen and oxygen atoms in total. The molecular weight excluding hydrogens is 506 g/mol. The summed E-state index contributed by atoms with van der Waals surface area (Å²) in [7, 11) is 4.89. The van der Waals surface area contributed by atoms with E-state index in [9.17, 15) is 4.79 Å². The van der Waals surface area contributed by atoms with Crippen LogP contribution in [0.15, 0.2) is 70.8 Å². The molecule has 1 amide bonds. The lowest BCUT2D eigenvalue weighted by atomic mass is 9.75. The lowest BCUT2D eigenvalue weighted by Crippen LogP contribution is -2.29. The van der Waals surface area contributed by atoms with E-state index in [1.54, 1.807) is 33.5 Å². The van der Waals surface area contributed by atoms with Crippen molar-refractivity contribution in [2.24, 2.45) is 10.1 Å². The van der Waals surface area contributed by atoms with E-state index in [2.05, 4.69) is 34.7 Å². The maximum absolute atomic E-state index is 12.4. The molecule has 2 aliphatic rings. The summed E-state index contributed by atoms with van der Waals surface area (Å²) in [6, 6.07) is 19.7. The van der Waals surface area contributed by atoms with Crippen molar-refractivity contribution < 1.29 is 23.8 Å². The Labute approximate surface area is 235 Å². The van der Waals surface area contributed by atoms with E-state index >= 15 is 0 Å². The van der Waals surface area contributed by atoms with Gasteiger partial charge in [0, 0.05) is 17.0 Å². The molecule has 1 heterocycles. The topological polar surface area (TPSA) is 90.7 Å². The van der Waals surface area contributed by atoms with E-state index in [4.69, 9.17) is 24.0 Å². The van der Waals surface area contributed by atoms with Crippen LogP contribution >= 0.6 is 0 Å². The van der Waals surface area contributed by atoms with Crippen LogP contribution in [0.1, 0.15) is 60.8 Å². The first-order valence-electron chi connectivity index (χ1n) is 13.6. The van der Waals surface area contributed by atoms with Crippen LogP contribution in [0.25, 0.3) is 0 Å². The molecule has 3 aromatic rings. The molecule has 1 saturated carbocycles. The van der Waals surface area contributed by atoms with Gasteiger partial charge in [0.2, 0.25) is 0 Å². The Hall–Kier alpha value is -4.33. The molecule has 5 rings (SSSR count). The number of amides is 1. The zero-order chi connectivity index (χ0) is 28.1. The molecule has 0 aromatic heterocycles. The fourth-order valence-corrected chi connectivity index (χ4v) is 5.57. The Morgan fingerprint density at radius 3 is 2.48 bits per heavy atom. The Kier molecular flexibility index (Phi) is 8.34. The summed E-state index contributed by atoms with van der Waals surface area (Å²) in [5.41, 5.74) is 6.42. The van der Waals surface area contributed by atoms with Gasteiger partial charge in [-0.3, -0.25) is 9.79 Å². The molecular formula is C32H35N3O5. The molecule has 0 spiro atoms. The maximum atomic E-state index is 12.4. The number of aliphatic imine (C=N–C) groups is 1. The molecule has 40 heavy (non-hydrogen) atoms. The quantitative estimate of drug-likeness (QED) is 0.266. The Morgan fingerprint density at radius 2 is 1.68 bits per heavy atom. The average molecular weight is 542 g/mol. The molecule has 208 valence electrons. The second-order valence-corrected chi connectivity index (χ2v) is 10.0. The van der Waals surface area contributed by atoms with Crippen LogP contribution in [0.2, 0.25) is 0 Å². The molecule has 2 atom stereocenters. The number of para-hydroxylation sites is 2. The highest BCUT2D eigenvalue weighted by atomic mass is 16.6. The number of carbonyl (C=O) groups is 1. The summed E-state index contributed by atoms with van der Waals surface area (Å²) in [5, 5.41) is 7.00. The summed E-state index contributed by atoms with van der Waals surface area (Å²) < 4.78 is 16.6. The third kappa shape index (κ3) is 5.66. The Morgan fingerprint density at radius 1 is 0.925 bits per heavy atom. The summed E-state index contributed by atoms with van der Waals surface area (Å²) >= 11 is 0. The van der Waals surface area contributed by atoms with Gasteiger partial charge in [-0.05, 0) is 61.2 Å². The van der Waals surface area contributed by atoms with E-state index in [1.165, 1.54) is 18.4 Å². The largest absolute Gasteiger partial charge is 0.495 e. The first kappa shape index (κ1) is 27.2. The summed E-state index contributed by atoms with van der Waals surface area (Å²) in [6.45, 7) is 1.64. The van der Waals surface area contributed by atoms with Crippen LogP contribution in [0.3, 0.4) is 0 Å². The SMILES string of the molecule is COc1ccccc1NC(=O)CON=C(C)c1cccc(C2=N[C@@H]3CCCC[C@@H]3c3cc(OC)c(OC)cc32)c1. The second kappa shape index (κ2) is 12.2. The van der Waals surface area contributed by atoms with Crippen molar-refractivity contribution in [3.63, 3.8) is 0 Å². The first-order valence-corrected chi connectivity index (χ1v) is 13.6. The van der Waals surface area contributed by atoms with Gasteiger partial charge in [-0.25, -0.2) is 0 Å². The van der Waals surface area contributed by atoms with E-state index in [-0.39, 0.29) is 18.6 Å². The highest BCUT2D eigenvalue weighted by Gasteiger charge is 2.34. The molecule has 0 radical (unpaired) electrons. The minimum atomic E-state index is -0.325. The fraction of sp³-hybridized carbons (Fsp3) is 0.344. The van der Waals surface area contributed by atoms with Crippen LogP contribution in [-0.4, -0.2) is 51.3 Å². The van der Waals surface area contributed by atoms with Gasteiger partial charge in [0.15, 0.2) is 18.1 Å². The smallest absolute Gasteiger partial charge is 0.265 e. The number of benzene rings is 3. The van der Waals surface area contributed by atoms with Crippen molar-refractivity contribution in [1.82, 2.24) is 0 Å². The maximum Gasteiger partial charge on any atom is 0.265 e. The van der Waals surface area contributed by atoms with Gasteiger partial charge in [0.25, 0.3) is 5.91 Å². The number of hydrogen-bond donors (Lipinski definition) is 1. The van der Waals surface area contributed by atoms with Crippen molar-refractivity contribution >= 4 is 23.0 Å². The molecule has 0 unspecified atom stereocenters. The zero-order valence-electron chi connectivity index (χ0n) is 23.4. The fourth-order valence-electron chi connectivity index (χ4n) is 5.57. The van der Waals surface area contributed by atoms with Gasteiger partial charge < -0.3 is 24.4 Å². The average Bonchev–Trinajstić information content (AvgIpc) is 3.00. The summed E-state index contributed by atoms with van der Waals surface area (Å²) in [5.74, 6) is 2.08. The van der Waals surface area contributed by atoms with Gasteiger partial charge in [-0.15, -0.1) is 0 Å². The van der Waals surface area contributed by atoms with Crippen LogP contribution in [0.5, 0.6) is 17.2 Å². The number of rotatable bonds is 9. The number of fused-ring (bicyclic) bond motifs is 3. The molecule has 3 aromatic carbocycles. The lowest BCUT2D eigenvalue weighted by molar-refractivity contribution is -0.120. The van der Waals surface area contributed by atoms with Crippen molar-refractivity contribution in [2.75, 3.05) is 33.3 Å². The number of anilines is 1. The van der Waals surface area contributed by atoms with Crippen molar-refractivity contribution in [3.05, 3.63) is 82.9 Å². The molecule has 1 aliphatic carbocycles. The standard InChI is InChI=1S/C32H35N3O5/c1-20(35-40-19-31(36)33-27-14-7-8-15-28(27)37-2)21-10-9-11-22(16-21)32-25-18-30(39-4)29(38-3)17-24(25)23-12-5-6-13-26(23)34-32/h7-11,14-18,23,26H,5-6,12-13,19H2,1-4H3,(H,33,36)/t23-,26-/m1/s1. The third-order valence-electron chi connectivity index (χ3n) is 7.57. The number of methoxy groups -OCH3 is 3. The van der Waals surface area contributed by atoms with Gasteiger partial charge in [-0.2, -0.15) is 0 Å². The molecule has 1 aliphatic heterocycles. The van der Waals surface area contributed by atoms with Crippen molar-refractivity contribution in [1.29, 1.82) is 0 Å². The van der Waals surface area contributed by atoms with E-state index in [1.807, 2.05) is 31.2 Å². The number of carbonyl (C=O) groups excluding carboxylic acids is 1. The van der Waals surface area contributed by atoms with Gasteiger partial charge in [-0.1, -0.05) is 48.3 Å². The minimum Gasteiger partial charge on any atom is -0.495 e. The van der Waals surface area contributed by atoms with E-state index in [0.29, 0.717) is 28.8 Å². The number of nitrogens with one attached hydrogen (secondary N) is 1. The van der Waals surface area contributed by atoms with Crippen LogP contribution in [0, 0.1) is 0 Å². The van der Waals surface area contributed by atoms with Crippen LogP contribution in [-0.2, 0) is 9.63 Å². The third-order valence-corrected chi connectivity index (χ3v) is 7.57. The predicted molar refractivity (Wildman–Crippen MR) is 156 cm³/mol. The van der Waals surface area contributed by atoms with Crippen molar-refractivity contribution in [2.45, 2.75) is 44.6 Å². The highest BCUT2D eigenvalue weighted by Crippen LogP contribution is 2.44. The van der Waals surface area contributed by atoms with Gasteiger partial charge in [0.1, 0.15) is 5.75 Å². The van der Waals surface area contributed by atoms with Crippen molar-refractivity contribution in [3.8, 4) is 17.2 Å². The molecule has 1 N–H and O–H groups in total. The molecule has 0 saturated heterocycles. The Bertz CT molecular complexity index is 1450. The molecule has 8 heteroatoms. The molecule has 0 bridgehead atoms. The molecule has 1 fully saturated rings. The number of oxime groups is 1. The minimum absolute atomic E-state index is 0.222. The van der Waals surface area contributed by atoms with Crippen LogP contribution < -0.4 is 19.5 Å². The lowest BCUT2D eigenvalue weighted by Gasteiger charge is -2.35. The summed E-state index contributed by atoms with van der Waals surface area (Å²) in [6.07, 6.45) is 4.60. The van der Waals surface area contributed by atoms with E-state index in [0.717, 1.165) is 41.0 Å². The second-order valence-electron chi connectivity index (χ2n) is 10.0. The number of ether oxygens (including phenoxy) is 3. The van der Waals surface area contributed by atoms with Gasteiger partial charge >= 0.3 is 0 Å². The Balaban J connectivity index is 1.37. The number of nitrogens with zero attached hydrogens (tertiary/aromatic N) is 2. The zero-order valence-corrected chi connectivity index (χ0v) is 23.4.